The molecule has 1 heterocycles. The summed E-state index contributed by atoms with van der Waals surface area (Å²) in [4.78, 5) is 11.7. The van der Waals surface area contributed by atoms with Crippen molar-refractivity contribution in [2.45, 2.75) is 27.5 Å². The number of benzene rings is 2. The zero-order valence-electron chi connectivity index (χ0n) is 13.1. The van der Waals surface area contributed by atoms with Gasteiger partial charge in [-0.3, -0.25) is 10.1 Å². The summed E-state index contributed by atoms with van der Waals surface area (Å²) in [6.07, 6.45) is 1.60. The minimum Gasteiger partial charge on any atom is -0.258 e. The number of nitrogens with zero attached hydrogens (tertiary/aromatic N) is 2. The van der Waals surface area contributed by atoms with E-state index in [9.17, 15) is 18.5 Å². The van der Waals surface area contributed by atoms with Crippen LogP contribution < -0.4 is 0 Å². The Kier molecular flexibility index (Phi) is 5.33. The van der Waals surface area contributed by atoms with Crippen LogP contribution in [0.2, 0.25) is 5.02 Å². The molecule has 0 aromatic heterocycles. The van der Waals surface area contributed by atoms with Crippen molar-refractivity contribution in [3.8, 4) is 0 Å². The molecule has 0 aliphatic carbocycles. The van der Waals surface area contributed by atoms with Crippen molar-refractivity contribution in [3.63, 3.8) is 0 Å². The predicted octanol–water partition coefficient (Wildman–Crippen LogP) is 4.18. The molecule has 2 aromatic carbocycles. The molecule has 2 aromatic rings. The first kappa shape index (κ1) is 18.2. The lowest BCUT2D eigenvalue weighted by atomic mass is 10.3. The van der Waals surface area contributed by atoms with Gasteiger partial charge in [-0.1, -0.05) is 23.4 Å². The van der Waals surface area contributed by atoms with Crippen LogP contribution in [0.5, 0.6) is 0 Å². The van der Waals surface area contributed by atoms with Gasteiger partial charge in [-0.05, 0) is 43.2 Å². The van der Waals surface area contributed by atoms with Gasteiger partial charge in [0.1, 0.15) is 4.90 Å². The molecule has 1 fully saturated rings. The fraction of sp³-hybridized carbons (Fsp3) is 0.250. The highest BCUT2D eigenvalue weighted by atomic mass is 35.5. The Morgan fingerprint density at radius 3 is 2.32 bits per heavy atom. The fourth-order valence-corrected chi connectivity index (χ4v) is 5.59. The van der Waals surface area contributed by atoms with Crippen molar-refractivity contribution >= 4 is 39.1 Å². The molecule has 0 atom stereocenters. The number of nitro benzene ring substituents is 1. The Labute approximate surface area is 155 Å². The number of hydrogen-bond acceptors (Lipinski definition) is 5. The van der Waals surface area contributed by atoms with Gasteiger partial charge in [-0.25, -0.2) is 8.42 Å². The zero-order valence-corrected chi connectivity index (χ0v) is 15.5. The maximum Gasteiger partial charge on any atom is 0.270 e. The molecule has 132 valence electrons. The normalized spacial score (nSPS) is 15.4. The number of hydrogen-bond donors (Lipinski definition) is 0. The van der Waals surface area contributed by atoms with Crippen LogP contribution in [-0.4, -0.2) is 30.7 Å². The Bertz CT molecular complexity index is 895. The SMILES string of the molecule is O=[N+]([O-])c1ccc(Sc2ccc(Cl)cc2)c(S(=O)(=O)N2CCCC2)c1. The highest BCUT2D eigenvalue weighted by Gasteiger charge is 2.31. The standard InChI is InChI=1S/C16H15ClN2O4S2/c17-12-3-6-14(7-4-12)24-15-8-5-13(19(20)21)11-16(15)25(22,23)18-9-1-2-10-18/h3-8,11H,1-2,9-10H2. The van der Waals surface area contributed by atoms with Crippen molar-refractivity contribution in [1.82, 2.24) is 4.31 Å². The van der Waals surface area contributed by atoms with E-state index in [2.05, 4.69) is 0 Å². The van der Waals surface area contributed by atoms with Crippen molar-refractivity contribution < 1.29 is 13.3 Å². The predicted molar refractivity (Wildman–Crippen MR) is 96.7 cm³/mol. The second kappa shape index (κ2) is 7.33. The topological polar surface area (TPSA) is 80.5 Å². The maximum absolute atomic E-state index is 12.9. The molecule has 3 rings (SSSR count). The summed E-state index contributed by atoms with van der Waals surface area (Å²) in [6, 6.07) is 10.9. The zero-order chi connectivity index (χ0) is 18.0. The number of rotatable bonds is 5. The smallest absolute Gasteiger partial charge is 0.258 e. The van der Waals surface area contributed by atoms with E-state index in [-0.39, 0.29) is 10.6 Å². The summed E-state index contributed by atoms with van der Waals surface area (Å²) < 4.78 is 27.3. The van der Waals surface area contributed by atoms with Gasteiger partial charge in [0.2, 0.25) is 10.0 Å². The molecule has 1 aliphatic rings. The first-order valence-corrected chi connectivity index (χ1v) is 10.2. The van der Waals surface area contributed by atoms with E-state index in [1.165, 1.54) is 28.2 Å². The summed E-state index contributed by atoms with van der Waals surface area (Å²) in [6.45, 7) is 0.881. The first-order chi connectivity index (χ1) is 11.9. The van der Waals surface area contributed by atoms with Crippen molar-refractivity contribution in [1.29, 1.82) is 0 Å². The first-order valence-electron chi connectivity index (χ1n) is 7.60. The minimum atomic E-state index is -3.77. The van der Waals surface area contributed by atoms with Crippen LogP contribution >= 0.6 is 23.4 Å². The highest BCUT2D eigenvalue weighted by Crippen LogP contribution is 2.37. The highest BCUT2D eigenvalue weighted by molar-refractivity contribution is 8.00. The van der Waals surface area contributed by atoms with Crippen molar-refractivity contribution in [3.05, 3.63) is 57.6 Å². The third-order valence-electron chi connectivity index (χ3n) is 3.86. The molecular formula is C16H15ClN2O4S2. The molecule has 0 saturated carbocycles. The van der Waals surface area contributed by atoms with Crippen LogP contribution in [0.3, 0.4) is 0 Å². The van der Waals surface area contributed by atoms with Crippen LogP contribution in [0.25, 0.3) is 0 Å². The second-order valence-electron chi connectivity index (χ2n) is 5.56. The summed E-state index contributed by atoms with van der Waals surface area (Å²) in [5.74, 6) is 0. The van der Waals surface area contributed by atoms with E-state index in [1.807, 2.05) is 0 Å². The molecule has 0 amide bonds. The third kappa shape index (κ3) is 3.98. The average Bonchev–Trinajstić information content (AvgIpc) is 3.12. The maximum atomic E-state index is 12.9. The molecule has 6 nitrogen and oxygen atoms in total. The molecule has 9 heteroatoms. The van der Waals surface area contributed by atoms with Gasteiger partial charge in [-0.2, -0.15) is 4.31 Å². The minimum absolute atomic E-state index is 0.0245. The quantitative estimate of drug-likeness (QED) is 0.557. The average molecular weight is 399 g/mol. The third-order valence-corrected chi connectivity index (χ3v) is 7.27. The molecular weight excluding hydrogens is 384 g/mol. The van der Waals surface area contributed by atoms with Crippen molar-refractivity contribution in [2.75, 3.05) is 13.1 Å². The molecule has 25 heavy (non-hydrogen) atoms. The molecule has 0 spiro atoms. The van der Waals surface area contributed by atoms with Crippen LogP contribution in [0.15, 0.2) is 57.2 Å². The molecule has 1 aliphatic heterocycles. The Morgan fingerprint density at radius 2 is 1.72 bits per heavy atom. The van der Waals surface area contributed by atoms with E-state index in [0.29, 0.717) is 23.0 Å². The van der Waals surface area contributed by atoms with E-state index in [0.717, 1.165) is 23.8 Å². The number of nitro groups is 1. The lowest BCUT2D eigenvalue weighted by Crippen LogP contribution is -2.28. The van der Waals surface area contributed by atoms with E-state index in [1.54, 1.807) is 24.3 Å². The lowest BCUT2D eigenvalue weighted by molar-refractivity contribution is -0.385. The van der Waals surface area contributed by atoms with Crippen molar-refractivity contribution in [2.24, 2.45) is 0 Å². The van der Waals surface area contributed by atoms with Crippen LogP contribution in [0, 0.1) is 10.1 Å². The van der Waals surface area contributed by atoms with Crippen LogP contribution in [0.4, 0.5) is 5.69 Å². The molecule has 0 N–H and O–H groups in total. The van der Waals surface area contributed by atoms with Crippen LogP contribution in [0.1, 0.15) is 12.8 Å². The number of non-ortho nitro benzene ring substituents is 1. The summed E-state index contributed by atoms with van der Waals surface area (Å²) >= 11 is 7.12. The van der Waals surface area contributed by atoms with Gasteiger partial charge in [0, 0.05) is 40.0 Å². The second-order valence-corrected chi connectivity index (χ2v) is 9.01. The fourth-order valence-electron chi connectivity index (χ4n) is 2.59. The largest absolute Gasteiger partial charge is 0.270 e. The van der Waals surface area contributed by atoms with Crippen LogP contribution in [-0.2, 0) is 10.0 Å². The lowest BCUT2D eigenvalue weighted by Gasteiger charge is -2.17. The van der Waals surface area contributed by atoms with Gasteiger partial charge >= 0.3 is 0 Å². The van der Waals surface area contributed by atoms with E-state index in [4.69, 9.17) is 11.6 Å². The van der Waals surface area contributed by atoms with E-state index >= 15 is 0 Å². The van der Waals surface area contributed by atoms with E-state index < -0.39 is 14.9 Å². The van der Waals surface area contributed by atoms with Gasteiger partial charge in [-0.15, -0.1) is 0 Å². The number of halogens is 1. The molecule has 0 unspecified atom stereocenters. The van der Waals surface area contributed by atoms with Gasteiger partial charge in [0.15, 0.2) is 0 Å². The number of sulfonamides is 1. The van der Waals surface area contributed by atoms with Gasteiger partial charge in [0.25, 0.3) is 5.69 Å². The summed E-state index contributed by atoms with van der Waals surface area (Å²) in [5, 5.41) is 11.7. The Morgan fingerprint density at radius 1 is 1.08 bits per heavy atom. The van der Waals surface area contributed by atoms with Gasteiger partial charge in [0.05, 0.1) is 4.92 Å². The molecule has 0 bridgehead atoms. The Balaban J connectivity index is 2.05. The Hall–Kier alpha value is -1.61. The monoisotopic (exact) mass is 398 g/mol. The summed E-state index contributed by atoms with van der Waals surface area (Å²) in [7, 11) is -3.77. The van der Waals surface area contributed by atoms with Gasteiger partial charge < -0.3 is 0 Å². The summed E-state index contributed by atoms with van der Waals surface area (Å²) in [5.41, 5.74) is -0.238. The molecule has 1 saturated heterocycles. The molecule has 0 radical (unpaired) electrons.